The van der Waals surface area contributed by atoms with E-state index >= 15 is 0 Å². The van der Waals surface area contributed by atoms with Crippen LogP contribution < -0.4 is 4.74 Å². The Morgan fingerprint density at radius 2 is 1.89 bits per heavy atom. The lowest BCUT2D eigenvalue weighted by Gasteiger charge is -2.21. The van der Waals surface area contributed by atoms with Gasteiger partial charge in [-0.05, 0) is 35.0 Å². The van der Waals surface area contributed by atoms with Gasteiger partial charge >= 0.3 is 0 Å². The van der Waals surface area contributed by atoms with Gasteiger partial charge in [-0.2, -0.15) is 4.68 Å². The highest BCUT2D eigenvalue weighted by atomic mass is 32.2. The van der Waals surface area contributed by atoms with Gasteiger partial charge in [0.1, 0.15) is 11.4 Å². The Bertz CT molecular complexity index is 900. The molecule has 1 heterocycles. The Hall–Kier alpha value is -2.87. The quantitative estimate of drug-likeness (QED) is 0.584. The second-order valence-corrected chi connectivity index (χ2v) is 7.29. The molecule has 2 aromatic carbocycles. The van der Waals surface area contributed by atoms with Gasteiger partial charge in [0.2, 0.25) is 11.1 Å². The first-order valence-corrected chi connectivity index (χ1v) is 9.35. The number of thioether (sulfide) groups is 1. The lowest BCUT2D eigenvalue weighted by Crippen LogP contribution is -2.33. The van der Waals surface area contributed by atoms with Crippen LogP contribution in [0.4, 0.5) is 0 Å². The molecule has 140 valence electrons. The average Bonchev–Trinajstić information content (AvgIpc) is 3.15. The molecule has 0 saturated carbocycles. The van der Waals surface area contributed by atoms with Crippen LogP contribution in [0.1, 0.15) is 12.5 Å². The van der Waals surface area contributed by atoms with E-state index in [0.717, 1.165) is 11.3 Å². The number of hydrogen-bond acceptors (Lipinski definition) is 6. The topological polar surface area (TPSA) is 73.1 Å². The molecule has 7 nitrogen and oxygen atoms in total. The predicted octanol–water partition coefficient (Wildman–Crippen LogP) is 2.81. The van der Waals surface area contributed by atoms with Crippen LogP contribution in [0.3, 0.4) is 0 Å². The molecule has 3 rings (SSSR count). The maximum Gasteiger partial charge on any atom is 0.235 e. The molecule has 0 spiro atoms. The highest BCUT2D eigenvalue weighted by Gasteiger charge is 2.23. The third-order valence-electron chi connectivity index (χ3n) is 4.02. The number of tetrazole rings is 1. The van der Waals surface area contributed by atoms with Crippen LogP contribution in [-0.2, 0) is 11.3 Å². The molecule has 1 unspecified atom stereocenters. The van der Waals surface area contributed by atoms with E-state index < -0.39 is 0 Å². The Kier molecular flexibility index (Phi) is 6.08. The van der Waals surface area contributed by atoms with Crippen molar-refractivity contribution in [3.8, 4) is 11.4 Å². The van der Waals surface area contributed by atoms with Crippen molar-refractivity contribution in [2.24, 2.45) is 0 Å². The summed E-state index contributed by atoms with van der Waals surface area (Å²) in [6.07, 6.45) is 0. The van der Waals surface area contributed by atoms with E-state index in [-0.39, 0.29) is 11.2 Å². The third kappa shape index (κ3) is 4.46. The Morgan fingerprint density at radius 3 is 2.63 bits per heavy atom. The largest absolute Gasteiger partial charge is 0.494 e. The zero-order valence-electron chi connectivity index (χ0n) is 15.4. The van der Waals surface area contributed by atoms with Gasteiger partial charge in [0, 0.05) is 13.6 Å². The van der Waals surface area contributed by atoms with Crippen molar-refractivity contribution < 1.29 is 9.53 Å². The van der Waals surface area contributed by atoms with Gasteiger partial charge in [-0.25, -0.2) is 0 Å². The number of amides is 1. The molecule has 0 aliphatic heterocycles. The van der Waals surface area contributed by atoms with Gasteiger partial charge in [0.25, 0.3) is 0 Å². The molecule has 0 saturated heterocycles. The predicted molar refractivity (Wildman–Crippen MR) is 104 cm³/mol. The molecule has 1 aromatic heterocycles. The number of ether oxygens (including phenoxy) is 1. The van der Waals surface area contributed by atoms with Crippen molar-refractivity contribution in [2.45, 2.75) is 23.9 Å². The summed E-state index contributed by atoms with van der Waals surface area (Å²) in [6.45, 7) is 2.41. The number of aromatic nitrogens is 4. The first-order valence-electron chi connectivity index (χ1n) is 8.47. The van der Waals surface area contributed by atoms with E-state index in [1.54, 1.807) is 23.7 Å². The molecule has 0 aliphatic carbocycles. The van der Waals surface area contributed by atoms with Crippen molar-refractivity contribution in [3.05, 3.63) is 60.2 Å². The highest BCUT2D eigenvalue weighted by Crippen LogP contribution is 2.28. The van der Waals surface area contributed by atoms with E-state index in [1.165, 1.54) is 11.8 Å². The number of para-hydroxylation sites is 2. The summed E-state index contributed by atoms with van der Waals surface area (Å²) >= 11 is 1.32. The summed E-state index contributed by atoms with van der Waals surface area (Å²) < 4.78 is 6.97. The van der Waals surface area contributed by atoms with Crippen LogP contribution in [0.5, 0.6) is 5.75 Å². The van der Waals surface area contributed by atoms with Crippen molar-refractivity contribution in [1.82, 2.24) is 25.1 Å². The first-order chi connectivity index (χ1) is 13.1. The lowest BCUT2D eigenvalue weighted by molar-refractivity contribution is -0.129. The molecule has 27 heavy (non-hydrogen) atoms. The monoisotopic (exact) mass is 383 g/mol. The average molecular weight is 383 g/mol. The van der Waals surface area contributed by atoms with E-state index in [4.69, 9.17) is 4.74 Å². The van der Waals surface area contributed by atoms with Crippen molar-refractivity contribution in [1.29, 1.82) is 0 Å². The maximum absolute atomic E-state index is 12.7. The smallest absolute Gasteiger partial charge is 0.235 e. The summed E-state index contributed by atoms with van der Waals surface area (Å²) in [5.74, 6) is 0.672. The normalized spacial score (nSPS) is 11.8. The fourth-order valence-corrected chi connectivity index (χ4v) is 3.58. The summed E-state index contributed by atoms with van der Waals surface area (Å²) in [4.78, 5) is 14.5. The SMILES string of the molecule is COc1ccccc1-n1nnnc1SC(C)C(=O)N(C)Cc1ccccc1. The van der Waals surface area contributed by atoms with Crippen LogP contribution in [0.25, 0.3) is 5.69 Å². The highest BCUT2D eigenvalue weighted by molar-refractivity contribution is 8.00. The van der Waals surface area contributed by atoms with E-state index in [1.807, 2.05) is 61.5 Å². The van der Waals surface area contributed by atoms with Gasteiger partial charge in [0.05, 0.1) is 12.4 Å². The summed E-state index contributed by atoms with van der Waals surface area (Å²) in [5, 5.41) is 12.1. The molecule has 0 bridgehead atoms. The molecular formula is C19H21N5O2S. The van der Waals surface area contributed by atoms with Crippen LogP contribution in [0.2, 0.25) is 0 Å². The zero-order valence-corrected chi connectivity index (χ0v) is 16.3. The van der Waals surface area contributed by atoms with Crippen LogP contribution in [-0.4, -0.2) is 50.4 Å². The number of rotatable bonds is 7. The second kappa shape index (κ2) is 8.68. The fourth-order valence-electron chi connectivity index (χ4n) is 2.66. The molecular weight excluding hydrogens is 362 g/mol. The van der Waals surface area contributed by atoms with Crippen molar-refractivity contribution in [2.75, 3.05) is 14.2 Å². The minimum absolute atomic E-state index is 0.0124. The maximum atomic E-state index is 12.7. The molecule has 0 fully saturated rings. The number of methoxy groups -OCH3 is 1. The Labute approximate surface area is 162 Å². The van der Waals surface area contributed by atoms with E-state index in [2.05, 4.69) is 15.5 Å². The Morgan fingerprint density at radius 1 is 1.19 bits per heavy atom. The minimum Gasteiger partial charge on any atom is -0.494 e. The molecule has 0 radical (unpaired) electrons. The molecule has 3 aromatic rings. The molecule has 8 heteroatoms. The van der Waals surface area contributed by atoms with Gasteiger partial charge in [-0.3, -0.25) is 4.79 Å². The van der Waals surface area contributed by atoms with Crippen molar-refractivity contribution >= 4 is 17.7 Å². The minimum atomic E-state index is -0.335. The number of benzene rings is 2. The molecule has 0 aliphatic rings. The Balaban J connectivity index is 1.72. The summed E-state index contributed by atoms with van der Waals surface area (Å²) in [5.41, 5.74) is 1.81. The zero-order chi connectivity index (χ0) is 19.2. The number of carbonyl (C=O) groups is 1. The number of carbonyl (C=O) groups excluding carboxylic acids is 1. The van der Waals surface area contributed by atoms with Gasteiger partial charge in [-0.1, -0.05) is 54.2 Å². The van der Waals surface area contributed by atoms with E-state index in [0.29, 0.717) is 17.5 Å². The van der Waals surface area contributed by atoms with E-state index in [9.17, 15) is 4.79 Å². The summed E-state index contributed by atoms with van der Waals surface area (Å²) in [7, 11) is 3.40. The van der Waals surface area contributed by atoms with Crippen LogP contribution in [0, 0.1) is 0 Å². The second-order valence-electron chi connectivity index (χ2n) is 5.99. The van der Waals surface area contributed by atoms with Crippen molar-refractivity contribution in [3.63, 3.8) is 0 Å². The van der Waals surface area contributed by atoms with Gasteiger partial charge in [-0.15, -0.1) is 5.10 Å². The van der Waals surface area contributed by atoms with Gasteiger partial charge in [0.15, 0.2) is 0 Å². The number of hydrogen-bond donors (Lipinski definition) is 0. The van der Waals surface area contributed by atoms with Crippen LogP contribution in [0.15, 0.2) is 59.8 Å². The number of nitrogens with zero attached hydrogens (tertiary/aromatic N) is 5. The van der Waals surface area contributed by atoms with Crippen LogP contribution >= 0.6 is 11.8 Å². The molecule has 1 amide bonds. The lowest BCUT2D eigenvalue weighted by atomic mass is 10.2. The standard InChI is InChI=1S/C19H21N5O2S/c1-14(18(25)23(2)13-15-9-5-4-6-10-15)27-19-20-21-22-24(19)16-11-7-8-12-17(16)26-3/h4-12,14H,13H2,1-3H3. The fraction of sp³-hybridized carbons (Fsp3) is 0.263. The van der Waals surface area contributed by atoms with Gasteiger partial charge < -0.3 is 9.64 Å². The molecule has 0 N–H and O–H groups in total. The third-order valence-corrected chi connectivity index (χ3v) is 5.04. The summed E-state index contributed by atoms with van der Waals surface area (Å²) in [6, 6.07) is 17.4. The first kappa shape index (κ1) is 18.9. The molecule has 1 atom stereocenters.